The predicted molar refractivity (Wildman–Crippen MR) is 104 cm³/mol. The molecule has 144 valence electrons. The van der Waals surface area contributed by atoms with Crippen molar-refractivity contribution in [1.82, 2.24) is 5.06 Å². The van der Waals surface area contributed by atoms with Crippen molar-refractivity contribution in [2.24, 2.45) is 4.40 Å². The number of nitrogens with zero attached hydrogens (tertiary/aromatic N) is 2. The van der Waals surface area contributed by atoms with E-state index in [4.69, 9.17) is 9.94 Å². The number of benzene rings is 1. The number of sulfonamides is 1. The van der Waals surface area contributed by atoms with Gasteiger partial charge >= 0.3 is 0 Å². The fourth-order valence-electron chi connectivity index (χ4n) is 2.41. The number of halogens is 1. The van der Waals surface area contributed by atoms with Crippen molar-refractivity contribution in [1.29, 1.82) is 0 Å². The summed E-state index contributed by atoms with van der Waals surface area (Å²) in [6, 6.07) is 5.94. The van der Waals surface area contributed by atoms with Crippen molar-refractivity contribution in [3.63, 3.8) is 0 Å². The number of hydroxylamine groups is 2. The molecule has 0 amide bonds. The Morgan fingerprint density at radius 3 is 2.50 bits per heavy atom. The van der Waals surface area contributed by atoms with Crippen LogP contribution in [0.1, 0.15) is 0 Å². The highest BCUT2D eigenvalue weighted by Gasteiger charge is 2.16. The first-order valence-electron chi connectivity index (χ1n) is 8.19. The SMILES string of the molecule is COc1ccc(S(=O)(=O)/N=C2/C=CC=C/C2=C/C=C2\C=CN(O)C(F)=C2)cc1. The summed E-state index contributed by atoms with van der Waals surface area (Å²) in [5, 5.41) is 9.53. The van der Waals surface area contributed by atoms with Crippen LogP contribution >= 0.6 is 0 Å². The van der Waals surface area contributed by atoms with Crippen molar-refractivity contribution >= 4 is 15.7 Å². The summed E-state index contributed by atoms with van der Waals surface area (Å²) in [5.41, 5.74) is 1.29. The molecule has 0 spiro atoms. The van der Waals surface area contributed by atoms with Crippen LogP contribution in [0.5, 0.6) is 5.75 Å². The molecular formula is C20H17FN2O4S. The molecule has 0 saturated carbocycles. The second-order valence-corrected chi connectivity index (χ2v) is 7.37. The van der Waals surface area contributed by atoms with Gasteiger partial charge in [0.2, 0.25) is 5.95 Å². The molecule has 0 bridgehead atoms. The van der Waals surface area contributed by atoms with Gasteiger partial charge < -0.3 is 4.74 Å². The van der Waals surface area contributed by atoms with Gasteiger partial charge in [-0.3, -0.25) is 5.21 Å². The van der Waals surface area contributed by atoms with Crippen LogP contribution in [0.15, 0.2) is 105 Å². The quantitative estimate of drug-likeness (QED) is 0.777. The third kappa shape index (κ3) is 4.54. The summed E-state index contributed by atoms with van der Waals surface area (Å²) in [6.45, 7) is 0. The Balaban J connectivity index is 1.92. The summed E-state index contributed by atoms with van der Waals surface area (Å²) in [7, 11) is -2.42. The van der Waals surface area contributed by atoms with E-state index in [1.165, 1.54) is 31.5 Å². The third-order valence-electron chi connectivity index (χ3n) is 3.88. The van der Waals surface area contributed by atoms with Crippen LogP contribution < -0.4 is 4.74 Å². The Morgan fingerprint density at radius 2 is 1.82 bits per heavy atom. The Morgan fingerprint density at radius 1 is 1.11 bits per heavy atom. The van der Waals surface area contributed by atoms with Crippen LogP contribution in [0.3, 0.4) is 0 Å². The summed E-state index contributed by atoms with van der Waals surface area (Å²) < 4.78 is 47.6. The minimum absolute atomic E-state index is 0.0460. The molecule has 1 aliphatic heterocycles. The minimum Gasteiger partial charge on any atom is -0.497 e. The number of hydrogen-bond donors (Lipinski definition) is 1. The number of hydrogen-bond acceptors (Lipinski definition) is 5. The average molecular weight is 400 g/mol. The molecule has 6 nitrogen and oxygen atoms in total. The van der Waals surface area contributed by atoms with Gasteiger partial charge in [0.15, 0.2) is 0 Å². The second kappa shape index (κ2) is 8.20. The maximum absolute atomic E-state index is 13.4. The van der Waals surface area contributed by atoms with Crippen molar-refractivity contribution in [2.75, 3.05) is 7.11 Å². The van der Waals surface area contributed by atoms with Gasteiger partial charge in [-0.25, -0.2) is 5.06 Å². The van der Waals surface area contributed by atoms with Gasteiger partial charge in [0.25, 0.3) is 10.0 Å². The molecule has 0 radical (unpaired) electrons. The van der Waals surface area contributed by atoms with E-state index in [1.807, 2.05) is 0 Å². The van der Waals surface area contributed by atoms with Crippen molar-refractivity contribution in [3.8, 4) is 5.75 Å². The molecule has 1 aromatic rings. The van der Waals surface area contributed by atoms with E-state index in [2.05, 4.69) is 4.40 Å². The Kier molecular flexibility index (Phi) is 5.72. The maximum Gasteiger partial charge on any atom is 0.282 e. The third-order valence-corrected chi connectivity index (χ3v) is 5.19. The minimum atomic E-state index is -3.92. The molecule has 3 rings (SSSR count). The maximum atomic E-state index is 13.4. The Labute approximate surface area is 162 Å². The zero-order valence-corrected chi connectivity index (χ0v) is 15.7. The monoisotopic (exact) mass is 400 g/mol. The van der Waals surface area contributed by atoms with Gasteiger partial charge in [0.05, 0.1) is 17.7 Å². The summed E-state index contributed by atoms with van der Waals surface area (Å²) >= 11 is 0. The highest BCUT2D eigenvalue weighted by molar-refractivity contribution is 7.90. The average Bonchev–Trinajstić information content (AvgIpc) is 2.69. The Hall–Kier alpha value is -3.23. The van der Waals surface area contributed by atoms with Gasteiger partial charge in [-0.15, -0.1) is 0 Å². The zero-order valence-electron chi connectivity index (χ0n) is 14.9. The molecule has 2 aliphatic rings. The molecule has 0 atom stereocenters. The van der Waals surface area contributed by atoms with E-state index in [-0.39, 0.29) is 10.6 Å². The molecule has 1 aromatic carbocycles. The van der Waals surface area contributed by atoms with Crippen LogP contribution in [-0.4, -0.2) is 31.5 Å². The molecule has 0 unspecified atom stereocenters. The Bertz CT molecular complexity index is 1080. The fraction of sp³-hybridized carbons (Fsp3) is 0.0500. The molecular weight excluding hydrogens is 383 g/mol. The normalized spacial score (nSPS) is 20.9. The first kappa shape index (κ1) is 19.5. The first-order valence-corrected chi connectivity index (χ1v) is 9.63. The molecule has 1 heterocycles. The van der Waals surface area contributed by atoms with Gasteiger partial charge in [-0.05, 0) is 42.0 Å². The smallest absolute Gasteiger partial charge is 0.282 e. The molecule has 28 heavy (non-hydrogen) atoms. The van der Waals surface area contributed by atoms with Gasteiger partial charge in [-0.2, -0.15) is 17.2 Å². The largest absolute Gasteiger partial charge is 0.497 e. The predicted octanol–water partition coefficient (Wildman–Crippen LogP) is 3.83. The van der Waals surface area contributed by atoms with Crippen molar-refractivity contribution in [3.05, 3.63) is 96.2 Å². The fourth-order valence-corrected chi connectivity index (χ4v) is 3.42. The molecule has 0 aromatic heterocycles. The molecule has 0 saturated heterocycles. The summed E-state index contributed by atoms with van der Waals surface area (Å²) in [5.74, 6) is -0.274. The molecule has 8 heteroatoms. The van der Waals surface area contributed by atoms with Crippen LogP contribution in [0.4, 0.5) is 4.39 Å². The van der Waals surface area contributed by atoms with Crippen molar-refractivity contribution < 1.29 is 22.8 Å². The lowest BCUT2D eigenvalue weighted by atomic mass is 10.0. The number of rotatable bonds is 4. The van der Waals surface area contributed by atoms with E-state index in [1.54, 1.807) is 48.6 Å². The van der Waals surface area contributed by atoms with Crippen molar-refractivity contribution in [2.45, 2.75) is 4.90 Å². The van der Waals surface area contributed by atoms with Crippen LogP contribution in [0.2, 0.25) is 0 Å². The lowest BCUT2D eigenvalue weighted by Crippen LogP contribution is -2.10. The van der Waals surface area contributed by atoms with E-state index in [0.717, 1.165) is 6.08 Å². The van der Waals surface area contributed by atoms with E-state index in [9.17, 15) is 12.8 Å². The van der Waals surface area contributed by atoms with Crippen LogP contribution in [0.25, 0.3) is 0 Å². The van der Waals surface area contributed by atoms with Crippen LogP contribution in [-0.2, 0) is 10.0 Å². The second-order valence-electron chi connectivity index (χ2n) is 5.76. The molecule has 0 fully saturated rings. The van der Waals surface area contributed by atoms with Gasteiger partial charge in [0.1, 0.15) is 5.75 Å². The van der Waals surface area contributed by atoms with E-state index in [0.29, 0.717) is 22.0 Å². The lowest BCUT2D eigenvalue weighted by Gasteiger charge is -2.12. The van der Waals surface area contributed by atoms with Gasteiger partial charge in [-0.1, -0.05) is 30.4 Å². The number of ether oxygens (including phenoxy) is 1. The zero-order chi connectivity index (χ0) is 20.1. The van der Waals surface area contributed by atoms with E-state index < -0.39 is 16.0 Å². The summed E-state index contributed by atoms with van der Waals surface area (Å²) in [6.07, 6.45) is 13.7. The lowest BCUT2D eigenvalue weighted by molar-refractivity contribution is -0.0292. The number of methoxy groups -OCH3 is 1. The van der Waals surface area contributed by atoms with Gasteiger partial charge in [0, 0.05) is 17.8 Å². The molecule has 1 aliphatic carbocycles. The summed E-state index contributed by atoms with van der Waals surface area (Å²) in [4.78, 5) is 0.0460. The first-order chi connectivity index (χ1) is 13.4. The standard InChI is InChI=1S/C20H17FN2O4S/c1-27-17-8-10-18(11-9-17)28(25,26)22-19-5-3-2-4-16(19)7-6-15-12-13-23(24)20(21)14-15/h2-14,24H,1H3/b15-6+,16-7-,22-19-. The van der Waals surface area contributed by atoms with Crippen LogP contribution in [0, 0.1) is 0 Å². The topological polar surface area (TPSA) is 79.2 Å². The number of allylic oxidation sites excluding steroid dienone is 10. The van der Waals surface area contributed by atoms with E-state index >= 15 is 0 Å². The molecule has 1 N–H and O–H groups in total. The highest BCUT2D eigenvalue weighted by atomic mass is 32.2. The highest BCUT2D eigenvalue weighted by Crippen LogP contribution is 2.21.